The monoisotopic (exact) mass is 399 g/mol. The Kier molecular flexibility index (Phi) is 5.84. The van der Waals surface area contributed by atoms with E-state index in [4.69, 9.17) is 16.3 Å². The van der Waals surface area contributed by atoms with Crippen molar-refractivity contribution >= 4 is 34.9 Å². The average molecular weight is 400 g/mol. The molecule has 0 bridgehead atoms. The third-order valence-electron chi connectivity index (χ3n) is 4.89. The van der Waals surface area contributed by atoms with Gasteiger partial charge in [-0.15, -0.1) is 0 Å². The molecule has 5 nitrogen and oxygen atoms in total. The largest absolute Gasteiger partial charge is 0.454 e. The number of benzene rings is 2. The Labute approximate surface area is 169 Å². The van der Waals surface area contributed by atoms with E-state index in [2.05, 4.69) is 0 Å². The zero-order valence-electron chi connectivity index (χ0n) is 16.1. The molecule has 0 spiro atoms. The van der Waals surface area contributed by atoms with Gasteiger partial charge in [0, 0.05) is 29.2 Å². The van der Waals surface area contributed by atoms with Gasteiger partial charge in [-0.3, -0.25) is 14.4 Å². The number of amides is 1. The predicted molar refractivity (Wildman–Crippen MR) is 108 cm³/mol. The molecule has 1 heterocycles. The molecule has 2 atom stereocenters. The summed E-state index contributed by atoms with van der Waals surface area (Å²) in [6.07, 6.45) is -0.854. The lowest BCUT2D eigenvalue weighted by atomic mass is 10.1. The van der Waals surface area contributed by atoms with Crippen LogP contribution in [-0.2, 0) is 14.3 Å². The standard InChI is InChI=1S/C22H22ClNO4/c1-13-4-9-19(14(2)10-13)24-12-17(11-20(24)25)22(27)28-15(3)21(26)16-5-7-18(23)8-6-16/h4-10,15,17H,11-12H2,1-3H3/t15-,17+/m0/s1. The van der Waals surface area contributed by atoms with Crippen LogP contribution in [0.2, 0.25) is 5.02 Å². The van der Waals surface area contributed by atoms with Gasteiger partial charge in [0.1, 0.15) is 0 Å². The van der Waals surface area contributed by atoms with Crippen molar-refractivity contribution in [3.63, 3.8) is 0 Å². The third-order valence-corrected chi connectivity index (χ3v) is 5.14. The Bertz CT molecular complexity index is 923. The van der Waals surface area contributed by atoms with Crippen LogP contribution in [0.5, 0.6) is 0 Å². The van der Waals surface area contributed by atoms with Gasteiger partial charge >= 0.3 is 5.97 Å². The normalized spacial score (nSPS) is 17.5. The molecule has 2 aromatic carbocycles. The zero-order valence-corrected chi connectivity index (χ0v) is 16.8. The molecule has 28 heavy (non-hydrogen) atoms. The lowest BCUT2D eigenvalue weighted by molar-refractivity contribution is -0.151. The number of nitrogens with zero attached hydrogens (tertiary/aromatic N) is 1. The summed E-state index contributed by atoms with van der Waals surface area (Å²) in [5, 5.41) is 0.525. The fourth-order valence-corrected chi connectivity index (χ4v) is 3.51. The molecule has 1 saturated heterocycles. The van der Waals surface area contributed by atoms with Gasteiger partial charge in [0.05, 0.1) is 5.92 Å². The maximum atomic E-state index is 12.5. The van der Waals surface area contributed by atoms with E-state index in [9.17, 15) is 14.4 Å². The second kappa shape index (κ2) is 8.15. The highest BCUT2D eigenvalue weighted by Crippen LogP contribution is 2.29. The van der Waals surface area contributed by atoms with Crippen LogP contribution in [0.25, 0.3) is 0 Å². The molecule has 1 amide bonds. The Morgan fingerprint density at radius 3 is 2.46 bits per heavy atom. The first-order chi connectivity index (χ1) is 13.3. The Morgan fingerprint density at radius 2 is 1.82 bits per heavy atom. The summed E-state index contributed by atoms with van der Waals surface area (Å²) < 4.78 is 5.36. The molecule has 0 aromatic heterocycles. The van der Waals surface area contributed by atoms with Crippen LogP contribution in [0, 0.1) is 19.8 Å². The van der Waals surface area contributed by atoms with E-state index in [0.717, 1.165) is 16.8 Å². The minimum Gasteiger partial charge on any atom is -0.454 e. The van der Waals surface area contributed by atoms with E-state index in [1.54, 1.807) is 29.2 Å². The van der Waals surface area contributed by atoms with E-state index in [0.29, 0.717) is 10.6 Å². The molecular formula is C22H22ClNO4. The highest BCUT2D eigenvalue weighted by molar-refractivity contribution is 6.30. The first kappa shape index (κ1) is 20.1. The lowest BCUT2D eigenvalue weighted by Gasteiger charge is -2.20. The second-order valence-electron chi connectivity index (χ2n) is 7.15. The summed E-state index contributed by atoms with van der Waals surface area (Å²) in [4.78, 5) is 39.0. The molecule has 6 heteroatoms. The van der Waals surface area contributed by atoms with Crippen LogP contribution in [-0.4, -0.2) is 30.3 Å². The van der Waals surface area contributed by atoms with Crippen LogP contribution >= 0.6 is 11.6 Å². The molecule has 1 aliphatic heterocycles. The lowest BCUT2D eigenvalue weighted by Crippen LogP contribution is -2.30. The van der Waals surface area contributed by atoms with Gasteiger partial charge < -0.3 is 9.64 Å². The molecule has 1 aliphatic rings. The molecule has 0 unspecified atom stereocenters. The van der Waals surface area contributed by atoms with E-state index < -0.39 is 18.0 Å². The number of carbonyl (C=O) groups excluding carboxylic acids is 3. The van der Waals surface area contributed by atoms with E-state index in [1.165, 1.54) is 6.92 Å². The molecule has 1 fully saturated rings. The summed E-state index contributed by atoms with van der Waals surface area (Å²) in [6.45, 7) is 5.72. The van der Waals surface area contributed by atoms with Crippen molar-refractivity contribution in [1.29, 1.82) is 0 Å². The number of Topliss-reactive ketones (excluding diaryl/α,β-unsaturated/α-hetero) is 1. The van der Waals surface area contributed by atoms with Crippen molar-refractivity contribution in [3.8, 4) is 0 Å². The van der Waals surface area contributed by atoms with Crippen LogP contribution in [0.4, 0.5) is 5.69 Å². The highest BCUT2D eigenvalue weighted by atomic mass is 35.5. The SMILES string of the molecule is Cc1ccc(N2C[C@H](C(=O)O[C@@H](C)C(=O)c3ccc(Cl)cc3)CC2=O)c(C)c1. The molecule has 3 rings (SSSR count). The van der Waals surface area contributed by atoms with E-state index >= 15 is 0 Å². The number of ketones is 1. The molecule has 2 aromatic rings. The topological polar surface area (TPSA) is 63.7 Å². The summed E-state index contributed by atoms with van der Waals surface area (Å²) in [7, 11) is 0. The van der Waals surface area contributed by atoms with Crippen LogP contribution in [0.3, 0.4) is 0 Å². The van der Waals surface area contributed by atoms with Crippen molar-refractivity contribution in [1.82, 2.24) is 0 Å². The van der Waals surface area contributed by atoms with Crippen LogP contribution in [0.1, 0.15) is 34.8 Å². The Hall–Kier alpha value is -2.66. The number of esters is 1. The molecule has 0 aliphatic carbocycles. The number of aryl methyl sites for hydroxylation is 2. The van der Waals surface area contributed by atoms with Gasteiger partial charge in [-0.2, -0.15) is 0 Å². The molecular weight excluding hydrogens is 378 g/mol. The number of hydrogen-bond acceptors (Lipinski definition) is 4. The minimum absolute atomic E-state index is 0.0774. The van der Waals surface area contributed by atoms with Crippen molar-refractivity contribution in [2.24, 2.45) is 5.92 Å². The van der Waals surface area contributed by atoms with E-state index in [1.807, 2.05) is 32.0 Å². The summed E-state index contributed by atoms with van der Waals surface area (Å²) in [6, 6.07) is 12.2. The van der Waals surface area contributed by atoms with Crippen molar-refractivity contribution in [3.05, 3.63) is 64.2 Å². The Morgan fingerprint density at radius 1 is 1.14 bits per heavy atom. The van der Waals surface area contributed by atoms with Crippen molar-refractivity contribution < 1.29 is 19.1 Å². The maximum Gasteiger partial charge on any atom is 0.312 e. The zero-order chi connectivity index (χ0) is 20.4. The first-order valence-electron chi connectivity index (χ1n) is 9.14. The fraction of sp³-hybridized carbons (Fsp3) is 0.318. The first-order valence-corrected chi connectivity index (χ1v) is 9.52. The number of ether oxygens (including phenoxy) is 1. The second-order valence-corrected chi connectivity index (χ2v) is 7.58. The maximum absolute atomic E-state index is 12.5. The van der Waals surface area contributed by atoms with E-state index in [-0.39, 0.29) is 24.7 Å². The van der Waals surface area contributed by atoms with Crippen molar-refractivity contribution in [2.45, 2.75) is 33.3 Å². The average Bonchev–Trinajstić information content (AvgIpc) is 3.03. The number of anilines is 1. The minimum atomic E-state index is -0.932. The fourth-order valence-electron chi connectivity index (χ4n) is 3.38. The quantitative estimate of drug-likeness (QED) is 0.560. The number of rotatable bonds is 5. The van der Waals surface area contributed by atoms with Gasteiger partial charge in [0.15, 0.2) is 6.10 Å². The summed E-state index contributed by atoms with van der Waals surface area (Å²) in [5.41, 5.74) is 3.31. The third kappa shape index (κ3) is 4.25. The Balaban J connectivity index is 1.65. The molecule has 146 valence electrons. The van der Waals surface area contributed by atoms with Gasteiger partial charge in [-0.05, 0) is 56.7 Å². The smallest absolute Gasteiger partial charge is 0.312 e. The predicted octanol–water partition coefficient (Wildman–Crippen LogP) is 4.12. The van der Waals surface area contributed by atoms with Gasteiger partial charge in [-0.1, -0.05) is 29.3 Å². The van der Waals surface area contributed by atoms with Gasteiger partial charge in [0.2, 0.25) is 11.7 Å². The number of carbonyl (C=O) groups is 3. The summed E-state index contributed by atoms with van der Waals surface area (Å²) >= 11 is 5.83. The van der Waals surface area contributed by atoms with Crippen LogP contribution < -0.4 is 4.90 Å². The van der Waals surface area contributed by atoms with Gasteiger partial charge in [0.25, 0.3) is 0 Å². The highest BCUT2D eigenvalue weighted by Gasteiger charge is 2.37. The number of halogens is 1. The number of hydrogen-bond donors (Lipinski definition) is 0. The molecule has 0 radical (unpaired) electrons. The van der Waals surface area contributed by atoms with Gasteiger partial charge in [-0.25, -0.2) is 0 Å². The molecule has 0 N–H and O–H groups in total. The molecule has 0 saturated carbocycles. The summed E-state index contributed by atoms with van der Waals surface area (Å²) in [5.74, 6) is -1.55. The van der Waals surface area contributed by atoms with Crippen LogP contribution in [0.15, 0.2) is 42.5 Å². The van der Waals surface area contributed by atoms with Crippen molar-refractivity contribution in [2.75, 3.05) is 11.4 Å².